The largest absolute Gasteiger partial charge is 0.392 e. The minimum Gasteiger partial charge on any atom is -0.392 e. The van der Waals surface area contributed by atoms with Crippen LogP contribution in [-0.2, 0) is 4.79 Å². The maximum atomic E-state index is 11.9. The molecule has 0 aromatic carbocycles. The molecule has 1 amide bonds. The first-order valence-electron chi connectivity index (χ1n) is 6.50. The summed E-state index contributed by atoms with van der Waals surface area (Å²) >= 11 is 0. The molecule has 0 spiro atoms. The van der Waals surface area contributed by atoms with Crippen molar-refractivity contribution in [1.29, 1.82) is 5.26 Å². The van der Waals surface area contributed by atoms with E-state index in [0.717, 1.165) is 19.4 Å². The van der Waals surface area contributed by atoms with Gasteiger partial charge in [0.15, 0.2) is 0 Å². The summed E-state index contributed by atoms with van der Waals surface area (Å²) in [6.45, 7) is 7.18. The van der Waals surface area contributed by atoms with Gasteiger partial charge in [-0.15, -0.1) is 0 Å². The van der Waals surface area contributed by atoms with Crippen molar-refractivity contribution in [1.82, 2.24) is 10.2 Å². The number of aliphatic hydroxyl groups is 1. The standard InChI is InChI=1S/C13H23N3O2/c1-10(2)13(3,9-14)15-12(18)8-16-6-4-5-11(17)7-16/h10-11,17H,4-8H2,1-3H3,(H,15,18)/t11-,13?/m0/s1. The predicted molar refractivity (Wildman–Crippen MR) is 68.7 cm³/mol. The first-order chi connectivity index (χ1) is 8.37. The van der Waals surface area contributed by atoms with Crippen LogP contribution in [0.1, 0.15) is 33.6 Å². The molecule has 5 nitrogen and oxygen atoms in total. The molecule has 0 saturated carbocycles. The summed E-state index contributed by atoms with van der Waals surface area (Å²) < 4.78 is 0. The van der Waals surface area contributed by atoms with Gasteiger partial charge in [0, 0.05) is 6.54 Å². The average molecular weight is 253 g/mol. The lowest BCUT2D eigenvalue weighted by Crippen LogP contribution is -2.53. The molecule has 0 aromatic heterocycles. The van der Waals surface area contributed by atoms with Crippen LogP contribution in [-0.4, -0.2) is 47.2 Å². The number of hydrogen-bond acceptors (Lipinski definition) is 4. The summed E-state index contributed by atoms with van der Waals surface area (Å²) in [5.41, 5.74) is -0.828. The second kappa shape index (κ2) is 6.17. The fraction of sp³-hybridized carbons (Fsp3) is 0.846. The zero-order valence-corrected chi connectivity index (χ0v) is 11.4. The van der Waals surface area contributed by atoms with Crippen molar-refractivity contribution in [2.75, 3.05) is 19.6 Å². The van der Waals surface area contributed by atoms with Crippen molar-refractivity contribution in [3.05, 3.63) is 0 Å². The van der Waals surface area contributed by atoms with Crippen LogP contribution in [0, 0.1) is 17.2 Å². The van der Waals surface area contributed by atoms with E-state index >= 15 is 0 Å². The van der Waals surface area contributed by atoms with Gasteiger partial charge in [0.05, 0.1) is 18.7 Å². The molecule has 5 heteroatoms. The van der Waals surface area contributed by atoms with Crippen LogP contribution in [0.3, 0.4) is 0 Å². The summed E-state index contributed by atoms with van der Waals surface area (Å²) in [7, 11) is 0. The molecule has 0 aromatic rings. The Bertz CT molecular complexity index is 338. The molecule has 0 aliphatic carbocycles. The quantitative estimate of drug-likeness (QED) is 0.765. The third-order valence-electron chi connectivity index (χ3n) is 3.63. The predicted octanol–water partition coefficient (Wildman–Crippen LogP) is 0.498. The number of nitriles is 1. The lowest BCUT2D eigenvalue weighted by atomic mass is 9.90. The smallest absolute Gasteiger partial charge is 0.235 e. The summed E-state index contributed by atoms with van der Waals surface area (Å²) in [5, 5.41) is 21.4. The van der Waals surface area contributed by atoms with Gasteiger partial charge in [-0.3, -0.25) is 9.69 Å². The van der Waals surface area contributed by atoms with Crippen molar-refractivity contribution >= 4 is 5.91 Å². The maximum absolute atomic E-state index is 11.9. The Morgan fingerprint density at radius 2 is 2.33 bits per heavy atom. The topological polar surface area (TPSA) is 76.4 Å². The van der Waals surface area contributed by atoms with E-state index in [1.807, 2.05) is 18.7 Å². The van der Waals surface area contributed by atoms with Crippen LogP contribution in [0.4, 0.5) is 0 Å². The molecule has 1 aliphatic heterocycles. The van der Waals surface area contributed by atoms with Crippen LogP contribution in [0.2, 0.25) is 0 Å². The Balaban J connectivity index is 2.48. The second-order valence-corrected chi connectivity index (χ2v) is 5.55. The summed E-state index contributed by atoms with van der Waals surface area (Å²) in [6, 6.07) is 2.15. The first kappa shape index (κ1) is 14.9. The third kappa shape index (κ3) is 3.97. The van der Waals surface area contributed by atoms with E-state index in [1.165, 1.54) is 0 Å². The van der Waals surface area contributed by atoms with Gasteiger partial charge in [-0.05, 0) is 32.2 Å². The Morgan fingerprint density at radius 3 is 2.83 bits per heavy atom. The molecule has 0 bridgehead atoms. The molecule has 2 N–H and O–H groups in total. The van der Waals surface area contributed by atoms with Crippen molar-refractivity contribution < 1.29 is 9.90 Å². The Morgan fingerprint density at radius 1 is 1.67 bits per heavy atom. The number of nitrogens with zero attached hydrogens (tertiary/aromatic N) is 2. The molecular formula is C13H23N3O2. The zero-order valence-electron chi connectivity index (χ0n) is 11.4. The van der Waals surface area contributed by atoms with Gasteiger partial charge in [-0.2, -0.15) is 5.26 Å². The van der Waals surface area contributed by atoms with Crippen molar-refractivity contribution in [2.24, 2.45) is 5.92 Å². The summed E-state index contributed by atoms with van der Waals surface area (Å²) in [5.74, 6) is -0.0970. The average Bonchev–Trinajstić information content (AvgIpc) is 2.28. The molecule has 102 valence electrons. The number of nitrogens with one attached hydrogen (secondary N) is 1. The number of carbonyl (C=O) groups is 1. The van der Waals surface area contributed by atoms with Crippen molar-refractivity contribution in [2.45, 2.75) is 45.3 Å². The van der Waals surface area contributed by atoms with Gasteiger partial charge in [0.2, 0.25) is 5.91 Å². The van der Waals surface area contributed by atoms with E-state index in [1.54, 1.807) is 6.92 Å². The lowest BCUT2D eigenvalue weighted by Gasteiger charge is -2.32. The summed E-state index contributed by atoms with van der Waals surface area (Å²) in [4.78, 5) is 13.8. The maximum Gasteiger partial charge on any atom is 0.235 e. The van der Waals surface area contributed by atoms with Gasteiger partial charge in [0.25, 0.3) is 0 Å². The van der Waals surface area contributed by atoms with Crippen molar-refractivity contribution in [3.63, 3.8) is 0 Å². The Kier molecular flexibility index (Phi) is 5.12. The minimum atomic E-state index is -0.828. The number of likely N-dealkylation sites (tertiary alicyclic amines) is 1. The van der Waals surface area contributed by atoms with E-state index in [-0.39, 0.29) is 24.5 Å². The van der Waals surface area contributed by atoms with E-state index in [2.05, 4.69) is 11.4 Å². The number of carbonyl (C=O) groups excluding carboxylic acids is 1. The van der Waals surface area contributed by atoms with Crippen LogP contribution in [0.25, 0.3) is 0 Å². The number of β-amino-alcohol motifs (C(OH)–C–C–N with tert-alkyl or cyclic N) is 1. The molecule has 2 atom stereocenters. The van der Waals surface area contributed by atoms with Gasteiger partial charge < -0.3 is 10.4 Å². The Labute approximate surface area is 109 Å². The molecular weight excluding hydrogens is 230 g/mol. The molecule has 18 heavy (non-hydrogen) atoms. The minimum absolute atomic E-state index is 0.0541. The third-order valence-corrected chi connectivity index (χ3v) is 3.63. The van der Waals surface area contributed by atoms with E-state index in [0.29, 0.717) is 6.54 Å². The van der Waals surface area contributed by atoms with Crippen LogP contribution in [0.15, 0.2) is 0 Å². The molecule has 1 heterocycles. The van der Waals surface area contributed by atoms with E-state index in [9.17, 15) is 9.90 Å². The fourth-order valence-electron chi connectivity index (χ4n) is 2.01. The second-order valence-electron chi connectivity index (χ2n) is 5.55. The Hall–Kier alpha value is -1.12. The van der Waals surface area contributed by atoms with Crippen LogP contribution < -0.4 is 5.32 Å². The first-order valence-corrected chi connectivity index (χ1v) is 6.50. The lowest BCUT2D eigenvalue weighted by molar-refractivity contribution is -0.124. The fourth-order valence-corrected chi connectivity index (χ4v) is 2.01. The van der Waals surface area contributed by atoms with Gasteiger partial charge >= 0.3 is 0 Å². The highest BCUT2D eigenvalue weighted by atomic mass is 16.3. The SMILES string of the molecule is CC(C)C(C)(C#N)NC(=O)CN1CCC[C@H](O)C1. The van der Waals surface area contributed by atoms with Gasteiger partial charge in [-0.25, -0.2) is 0 Å². The molecule has 1 rings (SSSR count). The van der Waals surface area contributed by atoms with Crippen LogP contribution >= 0.6 is 0 Å². The number of amides is 1. The number of piperidine rings is 1. The van der Waals surface area contributed by atoms with Crippen LogP contribution in [0.5, 0.6) is 0 Å². The van der Waals surface area contributed by atoms with E-state index < -0.39 is 5.54 Å². The van der Waals surface area contributed by atoms with Crippen molar-refractivity contribution in [3.8, 4) is 6.07 Å². The molecule has 1 saturated heterocycles. The molecule has 1 fully saturated rings. The summed E-state index contributed by atoms with van der Waals surface area (Å²) in [6.07, 6.45) is 1.38. The molecule has 1 unspecified atom stereocenters. The van der Waals surface area contributed by atoms with Gasteiger partial charge in [-0.1, -0.05) is 13.8 Å². The molecule has 0 radical (unpaired) electrons. The number of rotatable bonds is 4. The van der Waals surface area contributed by atoms with Gasteiger partial charge in [0.1, 0.15) is 5.54 Å². The highest BCUT2D eigenvalue weighted by Crippen LogP contribution is 2.15. The zero-order chi connectivity index (χ0) is 13.8. The highest BCUT2D eigenvalue weighted by Gasteiger charge is 2.30. The number of hydrogen-bond donors (Lipinski definition) is 2. The highest BCUT2D eigenvalue weighted by molar-refractivity contribution is 5.79. The normalized spacial score (nSPS) is 24.3. The molecule has 1 aliphatic rings. The number of aliphatic hydroxyl groups excluding tert-OH is 1. The van der Waals surface area contributed by atoms with E-state index in [4.69, 9.17) is 5.26 Å². The monoisotopic (exact) mass is 253 g/mol.